The van der Waals surface area contributed by atoms with Gasteiger partial charge < -0.3 is 0 Å². The van der Waals surface area contributed by atoms with Gasteiger partial charge in [0.25, 0.3) is 5.91 Å². The molecule has 2 aromatic rings. The SMILES string of the molecule is O=C1C(c2ccccc2)SC(=S)N1c1ccccc1. The van der Waals surface area contributed by atoms with E-state index in [0.29, 0.717) is 4.32 Å². The lowest BCUT2D eigenvalue weighted by atomic mass is 10.1. The van der Waals surface area contributed by atoms with Crippen LogP contribution in [0.25, 0.3) is 0 Å². The Hall–Kier alpha value is -1.65. The number of rotatable bonds is 2. The highest BCUT2D eigenvalue weighted by Gasteiger charge is 2.38. The molecule has 0 spiro atoms. The molecule has 3 rings (SSSR count). The van der Waals surface area contributed by atoms with E-state index in [2.05, 4.69) is 0 Å². The highest BCUT2D eigenvalue weighted by Crippen LogP contribution is 2.41. The molecule has 4 heteroatoms. The predicted octanol–water partition coefficient (Wildman–Crippen LogP) is 3.79. The third-order valence-corrected chi connectivity index (χ3v) is 4.53. The van der Waals surface area contributed by atoms with Gasteiger partial charge in [-0.2, -0.15) is 0 Å². The molecule has 0 bridgehead atoms. The first-order chi connectivity index (χ1) is 9.27. The van der Waals surface area contributed by atoms with Crippen molar-refractivity contribution in [3.8, 4) is 0 Å². The van der Waals surface area contributed by atoms with Crippen molar-refractivity contribution in [3.05, 3.63) is 66.2 Å². The van der Waals surface area contributed by atoms with E-state index in [-0.39, 0.29) is 11.2 Å². The minimum Gasteiger partial charge on any atom is -0.272 e. The van der Waals surface area contributed by atoms with E-state index < -0.39 is 0 Å². The molecule has 1 amide bonds. The zero-order valence-corrected chi connectivity index (χ0v) is 11.7. The van der Waals surface area contributed by atoms with E-state index >= 15 is 0 Å². The summed E-state index contributed by atoms with van der Waals surface area (Å²) in [6.45, 7) is 0. The zero-order chi connectivity index (χ0) is 13.2. The van der Waals surface area contributed by atoms with E-state index in [9.17, 15) is 4.79 Å². The van der Waals surface area contributed by atoms with Crippen LogP contribution in [0.15, 0.2) is 60.7 Å². The summed E-state index contributed by atoms with van der Waals surface area (Å²) < 4.78 is 0.616. The number of para-hydroxylation sites is 1. The Balaban J connectivity index is 1.94. The quantitative estimate of drug-likeness (QED) is 0.783. The van der Waals surface area contributed by atoms with Gasteiger partial charge in [0, 0.05) is 0 Å². The lowest BCUT2D eigenvalue weighted by Crippen LogP contribution is -2.28. The summed E-state index contributed by atoms with van der Waals surface area (Å²) in [5.41, 5.74) is 1.83. The second-order valence-corrected chi connectivity index (χ2v) is 5.92. The fraction of sp³-hybridized carbons (Fsp3) is 0.0667. The van der Waals surface area contributed by atoms with Gasteiger partial charge in [-0.15, -0.1) is 0 Å². The van der Waals surface area contributed by atoms with Crippen molar-refractivity contribution in [1.82, 2.24) is 0 Å². The van der Waals surface area contributed by atoms with E-state index in [0.717, 1.165) is 11.3 Å². The van der Waals surface area contributed by atoms with Gasteiger partial charge in [-0.3, -0.25) is 9.69 Å². The van der Waals surface area contributed by atoms with Gasteiger partial charge in [0.15, 0.2) is 0 Å². The Morgan fingerprint density at radius 3 is 2.16 bits per heavy atom. The van der Waals surface area contributed by atoms with Gasteiger partial charge in [0.05, 0.1) is 5.69 Å². The number of thiocarbonyl (C=S) groups is 1. The second-order valence-electron chi connectivity index (χ2n) is 4.18. The van der Waals surface area contributed by atoms with Crippen LogP contribution in [-0.4, -0.2) is 10.2 Å². The molecule has 0 aromatic heterocycles. The molecule has 94 valence electrons. The summed E-state index contributed by atoms with van der Waals surface area (Å²) in [6.07, 6.45) is 0. The number of hydrogen-bond acceptors (Lipinski definition) is 3. The molecule has 19 heavy (non-hydrogen) atoms. The predicted molar refractivity (Wildman–Crippen MR) is 83.3 cm³/mol. The van der Waals surface area contributed by atoms with Crippen molar-refractivity contribution in [3.63, 3.8) is 0 Å². The van der Waals surface area contributed by atoms with Gasteiger partial charge >= 0.3 is 0 Å². The van der Waals surface area contributed by atoms with Crippen LogP contribution in [-0.2, 0) is 4.79 Å². The van der Waals surface area contributed by atoms with Crippen LogP contribution in [0.5, 0.6) is 0 Å². The zero-order valence-electron chi connectivity index (χ0n) is 10.0. The minimum absolute atomic E-state index is 0.0346. The molecule has 1 aliphatic rings. The lowest BCUT2D eigenvalue weighted by Gasteiger charge is -2.15. The molecule has 2 aromatic carbocycles. The van der Waals surface area contributed by atoms with Crippen molar-refractivity contribution < 1.29 is 4.79 Å². The van der Waals surface area contributed by atoms with Crippen molar-refractivity contribution in [2.24, 2.45) is 0 Å². The number of benzene rings is 2. The fourth-order valence-corrected chi connectivity index (χ4v) is 3.55. The van der Waals surface area contributed by atoms with Gasteiger partial charge in [-0.25, -0.2) is 0 Å². The Kier molecular flexibility index (Phi) is 3.36. The number of carbonyl (C=O) groups is 1. The summed E-state index contributed by atoms with van der Waals surface area (Å²) in [5, 5.41) is -0.228. The molecule has 1 atom stereocenters. The summed E-state index contributed by atoms with van der Waals surface area (Å²) in [5.74, 6) is 0.0346. The molecule has 1 fully saturated rings. The lowest BCUT2D eigenvalue weighted by molar-refractivity contribution is -0.117. The number of carbonyl (C=O) groups excluding carboxylic acids is 1. The van der Waals surface area contributed by atoms with Crippen molar-refractivity contribution in [2.75, 3.05) is 4.90 Å². The molecule has 1 aliphatic heterocycles. The van der Waals surface area contributed by atoms with Gasteiger partial charge in [-0.05, 0) is 17.7 Å². The molecule has 0 N–H and O–H groups in total. The first kappa shape index (κ1) is 12.4. The van der Waals surface area contributed by atoms with Gasteiger partial charge in [0.1, 0.15) is 9.57 Å². The van der Waals surface area contributed by atoms with Crippen molar-refractivity contribution in [2.45, 2.75) is 5.25 Å². The van der Waals surface area contributed by atoms with Gasteiger partial charge in [-0.1, -0.05) is 72.5 Å². The number of nitrogens with zero attached hydrogens (tertiary/aromatic N) is 1. The van der Waals surface area contributed by atoms with Crippen LogP contribution < -0.4 is 4.90 Å². The normalized spacial score (nSPS) is 18.9. The van der Waals surface area contributed by atoms with Crippen LogP contribution in [0, 0.1) is 0 Å². The summed E-state index contributed by atoms with van der Waals surface area (Å²) in [4.78, 5) is 14.2. The molecule has 2 nitrogen and oxygen atoms in total. The molecule has 0 saturated carbocycles. The van der Waals surface area contributed by atoms with E-state index in [1.165, 1.54) is 11.8 Å². The van der Waals surface area contributed by atoms with Crippen molar-refractivity contribution in [1.29, 1.82) is 0 Å². The topological polar surface area (TPSA) is 20.3 Å². The third-order valence-electron chi connectivity index (χ3n) is 2.96. The van der Waals surface area contributed by atoms with Gasteiger partial charge in [0.2, 0.25) is 0 Å². The summed E-state index contributed by atoms with van der Waals surface area (Å²) in [7, 11) is 0. The smallest absolute Gasteiger partial charge is 0.250 e. The summed E-state index contributed by atoms with van der Waals surface area (Å²) >= 11 is 6.78. The number of amides is 1. The van der Waals surface area contributed by atoms with Crippen LogP contribution in [0.1, 0.15) is 10.8 Å². The largest absolute Gasteiger partial charge is 0.272 e. The maximum Gasteiger partial charge on any atom is 0.250 e. The molecular weight excluding hydrogens is 274 g/mol. The maximum absolute atomic E-state index is 12.5. The second kappa shape index (κ2) is 5.15. The number of thioether (sulfide) groups is 1. The van der Waals surface area contributed by atoms with E-state index in [1.807, 2.05) is 60.7 Å². The molecule has 1 saturated heterocycles. The fourth-order valence-electron chi connectivity index (χ4n) is 2.06. The Labute approximate surface area is 121 Å². The molecular formula is C15H11NOS2. The molecule has 1 heterocycles. The highest BCUT2D eigenvalue weighted by atomic mass is 32.2. The Morgan fingerprint density at radius 2 is 1.53 bits per heavy atom. The third kappa shape index (κ3) is 2.29. The molecule has 0 aliphatic carbocycles. The summed E-state index contributed by atoms with van der Waals surface area (Å²) in [6, 6.07) is 19.3. The number of hydrogen-bond donors (Lipinski definition) is 0. The van der Waals surface area contributed by atoms with Crippen LogP contribution in [0.3, 0.4) is 0 Å². The highest BCUT2D eigenvalue weighted by molar-refractivity contribution is 8.24. The van der Waals surface area contributed by atoms with Crippen molar-refractivity contribution >= 4 is 39.9 Å². The minimum atomic E-state index is -0.228. The number of anilines is 1. The first-order valence-electron chi connectivity index (χ1n) is 5.92. The van der Waals surface area contributed by atoms with E-state index in [4.69, 9.17) is 12.2 Å². The first-order valence-corrected chi connectivity index (χ1v) is 7.21. The standard InChI is InChI=1S/C15H11NOS2/c17-14-13(11-7-3-1-4-8-11)19-15(18)16(14)12-9-5-2-6-10-12/h1-10,13H. The van der Waals surface area contributed by atoms with Crippen LogP contribution in [0.2, 0.25) is 0 Å². The average Bonchev–Trinajstić information content (AvgIpc) is 2.76. The molecule has 0 radical (unpaired) electrons. The Morgan fingerprint density at radius 1 is 0.947 bits per heavy atom. The van der Waals surface area contributed by atoms with Crippen LogP contribution >= 0.6 is 24.0 Å². The monoisotopic (exact) mass is 285 g/mol. The maximum atomic E-state index is 12.5. The Bertz CT molecular complexity index is 613. The van der Waals surface area contributed by atoms with Crippen LogP contribution in [0.4, 0.5) is 5.69 Å². The molecule has 1 unspecified atom stereocenters. The average molecular weight is 285 g/mol. The van der Waals surface area contributed by atoms with E-state index in [1.54, 1.807) is 4.90 Å².